The molecule has 132 valence electrons. The summed E-state index contributed by atoms with van der Waals surface area (Å²) in [6.07, 6.45) is -0.949. The zero-order valence-corrected chi connectivity index (χ0v) is 13.3. The smallest absolute Gasteiger partial charge is 0.404 e. The fourth-order valence-electron chi connectivity index (χ4n) is 2.12. The van der Waals surface area contributed by atoms with E-state index in [1.54, 1.807) is 0 Å². The number of carboxylic acid groups (broad SMARTS) is 1. The summed E-state index contributed by atoms with van der Waals surface area (Å²) in [6.45, 7) is 2.38. The third kappa shape index (κ3) is 4.91. The van der Waals surface area contributed by atoms with Gasteiger partial charge in [-0.2, -0.15) is 4.98 Å². The molecule has 0 saturated carbocycles. The third-order valence-electron chi connectivity index (χ3n) is 3.30. The van der Waals surface area contributed by atoms with Crippen molar-refractivity contribution in [2.45, 2.75) is 6.10 Å². The second-order valence-corrected chi connectivity index (χ2v) is 5.35. The highest BCUT2D eigenvalue weighted by atomic mass is 35.5. The van der Waals surface area contributed by atoms with Gasteiger partial charge < -0.3 is 30.3 Å². The molecule has 1 saturated heterocycles. The number of rotatable bonds is 3. The molecule has 24 heavy (non-hydrogen) atoms. The molecule has 0 aliphatic carbocycles. The van der Waals surface area contributed by atoms with Gasteiger partial charge in [-0.1, -0.05) is 11.6 Å². The van der Waals surface area contributed by atoms with Crippen LogP contribution in [0.25, 0.3) is 0 Å². The number of amides is 1. The van der Waals surface area contributed by atoms with E-state index >= 15 is 0 Å². The molecule has 0 aromatic carbocycles. The van der Waals surface area contributed by atoms with E-state index in [-0.39, 0.29) is 22.8 Å². The lowest BCUT2D eigenvalue weighted by atomic mass is 10.1. The Hall–Kier alpha value is -2.17. The van der Waals surface area contributed by atoms with Crippen molar-refractivity contribution in [2.24, 2.45) is 5.92 Å². The average Bonchev–Trinajstić information content (AvgIpc) is 2.98. The Bertz CT molecular complexity index is 602. The molecule has 0 unspecified atom stereocenters. The van der Waals surface area contributed by atoms with E-state index in [2.05, 4.69) is 20.6 Å². The highest BCUT2D eigenvalue weighted by Crippen LogP contribution is 2.33. The number of carbonyl (C=O) groups is 2. The van der Waals surface area contributed by atoms with Gasteiger partial charge in [0.05, 0.1) is 6.10 Å². The molecule has 1 fully saturated rings. The van der Waals surface area contributed by atoms with Crippen LogP contribution in [-0.4, -0.2) is 71.5 Å². The Morgan fingerprint density at radius 3 is 2.75 bits per heavy atom. The van der Waals surface area contributed by atoms with Gasteiger partial charge in [-0.3, -0.25) is 4.79 Å². The van der Waals surface area contributed by atoms with Crippen LogP contribution in [0.3, 0.4) is 0 Å². The summed E-state index contributed by atoms with van der Waals surface area (Å²) in [5.41, 5.74) is 0. The average molecular weight is 361 g/mol. The summed E-state index contributed by atoms with van der Waals surface area (Å²) >= 11 is 5.71. The van der Waals surface area contributed by atoms with Gasteiger partial charge in [0, 0.05) is 25.6 Å². The molecular formula is C13H17ClN4O6. The number of hydrogen-bond acceptors (Lipinski definition) is 8. The molecule has 0 bridgehead atoms. The number of aliphatic hydroxyl groups excluding tert-OH is 1. The first-order chi connectivity index (χ1) is 11.5. The molecule has 3 rings (SSSR count). The van der Waals surface area contributed by atoms with Crippen LogP contribution in [0.15, 0.2) is 0 Å². The maximum Gasteiger partial charge on any atom is 0.404 e. The van der Waals surface area contributed by atoms with Crippen molar-refractivity contribution < 1.29 is 29.3 Å². The quantitative estimate of drug-likeness (QED) is 0.416. The fraction of sp³-hybridized carbons (Fsp3) is 0.538. The number of halogens is 1. The molecule has 2 atom stereocenters. The first-order valence-electron chi connectivity index (χ1n) is 7.15. The minimum absolute atomic E-state index is 0.00532. The van der Waals surface area contributed by atoms with Crippen molar-refractivity contribution >= 4 is 24.0 Å². The van der Waals surface area contributed by atoms with Gasteiger partial charge in [0.15, 0.2) is 17.3 Å². The number of fused-ring (bicyclic) bond motifs is 1. The van der Waals surface area contributed by atoms with Gasteiger partial charge in [0.1, 0.15) is 13.2 Å². The summed E-state index contributed by atoms with van der Waals surface area (Å²) in [5, 5.41) is 22.8. The normalized spacial score (nSPS) is 21.4. The lowest BCUT2D eigenvalue weighted by molar-refractivity contribution is 0.111. The first kappa shape index (κ1) is 18.2. The number of ether oxygens (including phenoxy) is 2. The minimum atomic E-state index is -1.04. The Kier molecular flexibility index (Phi) is 6.53. The van der Waals surface area contributed by atoms with Crippen LogP contribution in [-0.2, 0) is 0 Å². The van der Waals surface area contributed by atoms with Crippen molar-refractivity contribution in [3.63, 3.8) is 0 Å². The van der Waals surface area contributed by atoms with Crippen LogP contribution in [0.2, 0.25) is 5.15 Å². The second-order valence-electron chi connectivity index (χ2n) is 4.99. The lowest BCUT2D eigenvalue weighted by Crippen LogP contribution is -2.33. The van der Waals surface area contributed by atoms with Gasteiger partial charge in [-0.25, -0.2) is 9.78 Å². The molecule has 0 spiro atoms. The lowest BCUT2D eigenvalue weighted by Gasteiger charge is -2.17. The number of nitrogens with one attached hydrogen (secondary N) is 2. The number of nitrogens with zero attached hydrogens (tertiary/aromatic N) is 2. The summed E-state index contributed by atoms with van der Waals surface area (Å²) in [4.78, 5) is 27.9. The zero-order chi connectivity index (χ0) is 17.5. The molecule has 2 aliphatic rings. The van der Waals surface area contributed by atoms with Gasteiger partial charge in [-0.05, 0) is 0 Å². The number of aliphatic hydroxyl groups is 1. The summed E-state index contributed by atoms with van der Waals surface area (Å²) in [7, 11) is 0. The molecule has 2 aliphatic heterocycles. The second kappa shape index (κ2) is 8.62. The molecule has 1 aromatic heterocycles. The van der Waals surface area contributed by atoms with Crippen LogP contribution < -0.4 is 20.1 Å². The Morgan fingerprint density at radius 1 is 1.38 bits per heavy atom. The number of hydrogen-bond donors (Lipinski definition) is 4. The Balaban J connectivity index is 0.000000177. The topological polar surface area (TPSA) is 143 Å². The van der Waals surface area contributed by atoms with E-state index in [4.69, 9.17) is 26.2 Å². The predicted octanol–water partition coefficient (Wildman–Crippen LogP) is -0.452. The van der Waals surface area contributed by atoms with Crippen molar-refractivity contribution in [1.29, 1.82) is 0 Å². The summed E-state index contributed by atoms with van der Waals surface area (Å²) in [6, 6.07) is 0. The standard InChI is InChI=1S/C7H5ClN2O3.C6H12N2O3/c8-6-5-7(13-2-1-12-5)10-4(3-11)9-6;9-5-3-7-1-4(5)2-8-6(10)11/h3H,1-2H2;4-5,7-9H,1-3H2,(H,10,11)/t;4-,5-/m.1/s1. The van der Waals surface area contributed by atoms with Crippen LogP contribution in [0.5, 0.6) is 11.6 Å². The van der Waals surface area contributed by atoms with Crippen molar-refractivity contribution in [3.8, 4) is 11.6 Å². The van der Waals surface area contributed by atoms with Crippen LogP contribution in [0.1, 0.15) is 10.6 Å². The highest BCUT2D eigenvalue weighted by Gasteiger charge is 2.24. The van der Waals surface area contributed by atoms with E-state index in [1.807, 2.05) is 0 Å². The minimum Gasteiger partial charge on any atom is -0.482 e. The monoisotopic (exact) mass is 360 g/mol. The van der Waals surface area contributed by atoms with E-state index in [0.717, 1.165) is 0 Å². The van der Waals surface area contributed by atoms with Gasteiger partial charge in [0.2, 0.25) is 5.75 Å². The van der Waals surface area contributed by atoms with Crippen LogP contribution in [0, 0.1) is 5.92 Å². The molecule has 1 amide bonds. The summed E-state index contributed by atoms with van der Waals surface area (Å²) in [5.74, 6) is 0.548. The summed E-state index contributed by atoms with van der Waals surface area (Å²) < 4.78 is 10.3. The molecule has 3 heterocycles. The zero-order valence-electron chi connectivity index (χ0n) is 12.6. The molecule has 11 heteroatoms. The van der Waals surface area contributed by atoms with Crippen LogP contribution in [0.4, 0.5) is 4.79 Å². The first-order valence-corrected chi connectivity index (χ1v) is 7.53. The number of aldehydes is 1. The van der Waals surface area contributed by atoms with Gasteiger partial charge >= 0.3 is 6.09 Å². The fourth-order valence-corrected chi connectivity index (χ4v) is 2.34. The molecule has 1 aromatic rings. The van der Waals surface area contributed by atoms with Gasteiger partial charge in [-0.15, -0.1) is 0 Å². The highest BCUT2D eigenvalue weighted by molar-refractivity contribution is 6.31. The largest absolute Gasteiger partial charge is 0.482 e. The van der Waals surface area contributed by atoms with Crippen molar-refractivity contribution in [3.05, 3.63) is 11.0 Å². The van der Waals surface area contributed by atoms with Gasteiger partial charge in [0.25, 0.3) is 5.88 Å². The maximum absolute atomic E-state index is 10.4. The molecule has 4 N–H and O–H groups in total. The molecule has 10 nitrogen and oxygen atoms in total. The third-order valence-corrected chi connectivity index (χ3v) is 3.56. The van der Waals surface area contributed by atoms with E-state index < -0.39 is 12.2 Å². The number of aromatic nitrogens is 2. The number of β-amino-alcohol motifs (C(OH)–C–C–N with tert-alkyl or cyclic N) is 1. The molecule has 0 radical (unpaired) electrons. The van der Waals surface area contributed by atoms with Crippen molar-refractivity contribution in [2.75, 3.05) is 32.8 Å². The van der Waals surface area contributed by atoms with E-state index in [0.29, 0.717) is 44.9 Å². The Morgan fingerprint density at radius 2 is 2.12 bits per heavy atom. The van der Waals surface area contributed by atoms with E-state index in [1.165, 1.54) is 0 Å². The van der Waals surface area contributed by atoms with Crippen molar-refractivity contribution in [1.82, 2.24) is 20.6 Å². The van der Waals surface area contributed by atoms with Crippen LogP contribution >= 0.6 is 11.6 Å². The Labute approximate surface area is 142 Å². The predicted molar refractivity (Wildman–Crippen MR) is 81.8 cm³/mol. The SMILES string of the molecule is O=C(O)NC[C@H]1CNC[C@H]1O.O=Cc1nc(Cl)c2c(n1)OCCO2. The molecular weight excluding hydrogens is 344 g/mol. The number of carbonyl (C=O) groups excluding carboxylic acids is 1. The maximum atomic E-state index is 10.4. The van der Waals surface area contributed by atoms with E-state index in [9.17, 15) is 14.7 Å².